The molecule has 1 aromatic carbocycles. The first kappa shape index (κ1) is 17.1. The molecule has 0 aromatic heterocycles. The van der Waals surface area contributed by atoms with Crippen molar-refractivity contribution in [1.82, 2.24) is 5.32 Å². The molecule has 0 radical (unpaired) electrons. The molecule has 1 aromatic rings. The molecule has 3 nitrogen and oxygen atoms in total. The number of carbonyl (C=O) groups excluding carboxylic acids is 1. The summed E-state index contributed by atoms with van der Waals surface area (Å²) in [7, 11) is 0. The third-order valence-electron chi connectivity index (χ3n) is 6.61. The van der Waals surface area contributed by atoms with Crippen LogP contribution < -0.4 is 11.1 Å². The minimum Gasteiger partial charge on any atom is -0.399 e. The lowest BCUT2D eigenvalue weighted by Gasteiger charge is -2.39. The van der Waals surface area contributed by atoms with E-state index in [2.05, 4.69) is 26.1 Å². The zero-order valence-corrected chi connectivity index (χ0v) is 14.7. The second-order valence-electron chi connectivity index (χ2n) is 7.71. The number of benzene rings is 1. The number of hydrogen-bond acceptors (Lipinski definition) is 2. The van der Waals surface area contributed by atoms with E-state index in [4.69, 9.17) is 5.73 Å². The highest BCUT2D eigenvalue weighted by molar-refractivity contribution is 5.96. The fraction of sp³-hybridized carbons (Fsp3) is 0.611. The monoisotopic (exact) mass is 322 g/mol. The fourth-order valence-electron chi connectivity index (χ4n) is 4.54. The van der Waals surface area contributed by atoms with Crippen LogP contribution in [-0.4, -0.2) is 11.9 Å². The van der Waals surface area contributed by atoms with Crippen molar-refractivity contribution in [2.24, 2.45) is 16.7 Å². The first-order valence-electron chi connectivity index (χ1n) is 7.93. The highest BCUT2D eigenvalue weighted by Gasteiger charge is 2.61. The highest BCUT2D eigenvalue weighted by Crippen LogP contribution is 2.65. The van der Waals surface area contributed by atoms with E-state index in [0.29, 0.717) is 16.7 Å². The molecular formula is C18H27ClN2O. The molecular weight excluding hydrogens is 296 g/mol. The Morgan fingerprint density at radius 2 is 2.00 bits per heavy atom. The van der Waals surface area contributed by atoms with E-state index >= 15 is 0 Å². The number of amides is 1. The van der Waals surface area contributed by atoms with Crippen LogP contribution in [0.25, 0.3) is 0 Å². The quantitative estimate of drug-likeness (QED) is 0.810. The molecule has 2 bridgehead atoms. The van der Waals surface area contributed by atoms with Gasteiger partial charge in [0.2, 0.25) is 0 Å². The molecule has 2 saturated carbocycles. The van der Waals surface area contributed by atoms with Gasteiger partial charge in [-0.05, 0) is 60.6 Å². The third-order valence-corrected chi connectivity index (χ3v) is 6.61. The van der Waals surface area contributed by atoms with Gasteiger partial charge in [-0.1, -0.05) is 26.8 Å². The second kappa shape index (κ2) is 5.45. The van der Waals surface area contributed by atoms with Gasteiger partial charge in [0.25, 0.3) is 5.91 Å². The van der Waals surface area contributed by atoms with Gasteiger partial charge >= 0.3 is 0 Å². The number of nitrogen functional groups attached to an aromatic ring is 1. The molecule has 0 saturated heterocycles. The largest absolute Gasteiger partial charge is 0.399 e. The van der Waals surface area contributed by atoms with Crippen molar-refractivity contribution in [3.63, 3.8) is 0 Å². The van der Waals surface area contributed by atoms with Crippen LogP contribution in [0, 0.1) is 23.7 Å². The van der Waals surface area contributed by atoms with Gasteiger partial charge in [-0.3, -0.25) is 4.79 Å². The van der Waals surface area contributed by atoms with Gasteiger partial charge in [-0.15, -0.1) is 12.4 Å². The number of nitrogens with one attached hydrogen (secondary N) is 1. The van der Waals surface area contributed by atoms with E-state index in [1.165, 1.54) is 12.8 Å². The van der Waals surface area contributed by atoms with Gasteiger partial charge in [0.1, 0.15) is 0 Å². The van der Waals surface area contributed by atoms with Gasteiger partial charge in [-0.2, -0.15) is 0 Å². The van der Waals surface area contributed by atoms with Gasteiger partial charge in [-0.25, -0.2) is 0 Å². The molecule has 3 unspecified atom stereocenters. The Hall–Kier alpha value is -1.22. The standard InChI is InChI=1S/C18H26N2O.ClH/c1-11-5-6-13(19)10-14(11)16(21)20-15-9-12-7-8-18(15,4)17(12,2)3;/h5-6,10,12,15H,7-9,19H2,1-4H3,(H,20,21);1H. The van der Waals surface area contributed by atoms with Crippen molar-refractivity contribution in [3.05, 3.63) is 29.3 Å². The van der Waals surface area contributed by atoms with Gasteiger partial charge in [0, 0.05) is 17.3 Å². The lowest BCUT2D eigenvalue weighted by molar-refractivity contribution is 0.0825. The maximum Gasteiger partial charge on any atom is 0.251 e. The van der Waals surface area contributed by atoms with Crippen molar-refractivity contribution in [2.75, 3.05) is 5.73 Å². The molecule has 22 heavy (non-hydrogen) atoms. The van der Waals surface area contributed by atoms with E-state index in [9.17, 15) is 4.79 Å². The third kappa shape index (κ3) is 2.30. The average Bonchev–Trinajstić information content (AvgIpc) is 2.74. The molecule has 3 atom stereocenters. The molecule has 0 aliphatic heterocycles. The zero-order chi connectivity index (χ0) is 15.4. The first-order chi connectivity index (χ1) is 9.75. The molecule has 2 aliphatic carbocycles. The van der Waals surface area contributed by atoms with Crippen molar-refractivity contribution in [3.8, 4) is 0 Å². The van der Waals surface area contributed by atoms with Gasteiger partial charge in [0.05, 0.1) is 0 Å². The van der Waals surface area contributed by atoms with E-state index in [-0.39, 0.29) is 29.8 Å². The van der Waals surface area contributed by atoms with Crippen LogP contribution in [0.3, 0.4) is 0 Å². The lowest BCUT2D eigenvalue weighted by Crippen LogP contribution is -2.47. The summed E-state index contributed by atoms with van der Waals surface area (Å²) in [5.74, 6) is 0.754. The number of aryl methyl sites for hydroxylation is 1. The molecule has 0 heterocycles. The Bertz CT molecular complexity index is 599. The maximum absolute atomic E-state index is 12.6. The number of carbonyl (C=O) groups is 1. The fourth-order valence-corrected chi connectivity index (χ4v) is 4.54. The molecule has 1 amide bonds. The smallest absolute Gasteiger partial charge is 0.251 e. The number of halogens is 1. The molecule has 122 valence electrons. The van der Waals surface area contributed by atoms with E-state index in [1.54, 1.807) is 6.07 Å². The highest BCUT2D eigenvalue weighted by atomic mass is 35.5. The van der Waals surface area contributed by atoms with Gasteiger partial charge in [0.15, 0.2) is 0 Å². The molecule has 3 rings (SSSR count). The summed E-state index contributed by atoms with van der Waals surface area (Å²) in [6, 6.07) is 5.82. The summed E-state index contributed by atoms with van der Waals surface area (Å²) in [5.41, 5.74) is 8.68. The Labute approximate surface area is 139 Å². The van der Waals surface area contributed by atoms with E-state index in [0.717, 1.165) is 17.9 Å². The van der Waals surface area contributed by atoms with Crippen LogP contribution in [-0.2, 0) is 0 Å². The predicted octanol–water partition coefficient (Wildman–Crippen LogP) is 3.94. The van der Waals surface area contributed by atoms with Crippen LogP contribution in [0.1, 0.15) is 56.0 Å². The normalized spacial score (nSPS) is 31.6. The Kier molecular flexibility index (Phi) is 4.25. The van der Waals surface area contributed by atoms with Gasteiger partial charge < -0.3 is 11.1 Å². The number of hydrogen-bond donors (Lipinski definition) is 2. The average molecular weight is 323 g/mol. The van der Waals surface area contributed by atoms with E-state index in [1.807, 2.05) is 19.1 Å². The maximum atomic E-state index is 12.6. The zero-order valence-electron chi connectivity index (χ0n) is 13.9. The second-order valence-corrected chi connectivity index (χ2v) is 7.71. The van der Waals surface area contributed by atoms with Crippen LogP contribution in [0.2, 0.25) is 0 Å². The van der Waals surface area contributed by atoms with Crippen molar-refractivity contribution < 1.29 is 4.79 Å². The first-order valence-corrected chi connectivity index (χ1v) is 7.93. The number of anilines is 1. The Morgan fingerprint density at radius 3 is 2.55 bits per heavy atom. The number of nitrogens with two attached hydrogens (primary N) is 1. The SMILES string of the molecule is Cc1ccc(N)cc1C(=O)NC1CC2CCC1(C)C2(C)C.Cl. The van der Waals surface area contributed by atoms with Crippen LogP contribution in [0.4, 0.5) is 5.69 Å². The summed E-state index contributed by atoms with van der Waals surface area (Å²) in [5, 5.41) is 3.30. The minimum absolute atomic E-state index is 0. The number of rotatable bonds is 2. The van der Waals surface area contributed by atoms with Crippen molar-refractivity contribution >= 4 is 24.0 Å². The van der Waals surface area contributed by atoms with Crippen LogP contribution in [0.15, 0.2) is 18.2 Å². The summed E-state index contributed by atoms with van der Waals surface area (Å²) in [6.45, 7) is 9.03. The van der Waals surface area contributed by atoms with Crippen LogP contribution in [0.5, 0.6) is 0 Å². The molecule has 2 fully saturated rings. The van der Waals surface area contributed by atoms with E-state index < -0.39 is 0 Å². The van der Waals surface area contributed by atoms with Crippen molar-refractivity contribution in [1.29, 1.82) is 0 Å². The summed E-state index contributed by atoms with van der Waals surface area (Å²) < 4.78 is 0. The molecule has 0 spiro atoms. The molecule has 4 heteroatoms. The molecule has 3 N–H and O–H groups in total. The Morgan fingerprint density at radius 1 is 1.32 bits per heavy atom. The predicted molar refractivity (Wildman–Crippen MR) is 93.3 cm³/mol. The summed E-state index contributed by atoms with van der Waals surface area (Å²) in [6.07, 6.45) is 3.62. The molecule has 2 aliphatic rings. The van der Waals surface area contributed by atoms with Crippen LogP contribution >= 0.6 is 12.4 Å². The summed E-state index contributed by atoms with van der Waals surface area (Å²) >= 11 is 0. The number of fused-ring (bicyclic) bond motifs is 2. The topological polar surface area (TPSA) is 55.1 Å². The Balaban J connectivity index is 0.00000176. The summed E-state index contributed by atoms with van der Waals surface area (Å²) in [4.78, 5) is 12.6. The lowest BCUT2D eigenvalue weighted by atomic mass is 9.69. The minimum atomic E-state index is 0. The van der Waals surface area contributed by atoms with Crippen molar-refractivity contribution in [2.45, 2.75) is 53.0 Å².